The molecule has 94 valence electrons. The lowest BCUT2D eigenvalue weighted by Gasteiger charge is -2.12. The maximum absolute atomic E-state index is 11.7. The molecule has 6 heteroatoms. The lowest BCUT2D eigenvalue weighted by molar-refractivity contribution is -0.122. The molecule has 1 aromatic heterocycles. The van der Waals surface area contributed by atoms with Crippen LogP contribution in [0.4, 0.5) is 0 Å². The van der Waals surface area contributed by atoms with E-state index in [1.807, 2.05) is 6.92 Å². The zero-order chi connectivity index (χ0) is 12.1. The van der Waals surface area contributed by atoms with E-state index >= 15 is 0 Å². The van der Waals surface area contributed by atoms with Gasteiger partial charge >= 0.3 is 0 Å². The van der Waals surface area contributed by atoms with Gasteiger partial charge in [0.25, 0.3) is 0 Å². The number of nitrogens with zero attached hydrogens (tertiary/aromatic N) is 2. The van der Waals surface area contributed by atoms with Crippen LogP contribution in [-0.4, -0.2) is 34.2 Å². The van der Waals surface area contributed by atoms with Crippen LogP contribution in [0.5, 0.6) is 0 Å². The molecule has 1 aliphatic heterocycles. The van der Waals surface area contributed by atoms with Gasteiger partial charge in [-0.2, -0.15) is 5.10 Å². The minimum atomic E-state index is -0.105. The lowest BCUT2D eigenvalue weighted by Crippen LogP contribution is -2.27. The van der Waals surface area contributed by atoms with Crippen molar-refractivity contribution in [3.63, 3.8) is 0 Å². The maximum atomic E-state index is 11.7. The average Bonchev–Trinajstić information content (AvgIpc) is 2.99. The Morgan fingerprint density at radius 2 is 2.59 bits per heavy atom. The molecule has 0 bridgehead atoms. The topological polar surface area (TPSA) is 82.7 Å². The van der Waals surface area contributed by atoms with Crippen molar-refractivity contribution in [2.24, 2.45) is 5.92 Å². The van der Waals surface area contributed by atoms with Gasteiger partial charge in [0.2, 0.25) is 5.91 Å². The second-order valence-corrected chi connectivity index (χ2v) is 4.56. The molecule has 0 aliphatic carbocycles. The van der Waals surface area contributed by atoms with Gasteiger partial charge in [0.15, 0.2) is 0 Å². The Morgan fingerprint density at radius 1 is 1.71 bits per heavy atom. The number of nitrogens with one attached hydrogen (secondary N) is 3. The highest BCUT2D eigenvalue weighted by molar-refractivity contribution is 5.76. The van der Waals surface area contributed by atoms with Gasteiger partial charge in [0, 0.05) is 6.42 Å². The van der Waals surface area contributed by atoms with Crippen molar-refractivity contribution < 1.29 is 4.79 Å². The maximum Gasteiger partial charge on any atom is 0.220 e. The standard InChI is InChI=1S/C11H19N5O/c1-8(11-13-7-14-16-11)15-10(17)3-2-9-4-5-12-6-9/h7-9,12H,2-6H2,1H3,(H,15,17)(H,13,14,16). The molecule has 1 saturated heterocycles. The molecule has 2 heterocycles. The van der Waals surface area contributed by atoms with Crippen molar-refractivity contribution in [3.8, 4) is 0 Å². The zero-order valence-electron chi connectivity index (χ0n) is 10.1. The van der Waals surface area contributed by atoms with Crippen molar-refractivity contribution in [1.82, 2.24) is 25.8 Å². The van der Waals surface area contributed by atoms with Crippen LogP contribution in [0.1, 0.15) is 38.1 Å². The van der Waals surface area contributed by atoms with Gasteiger partial charge in [-0.15, -0.1) is 0 Å². The molecule has 1 aliphatic rings. The summed E-state index contributed by atoms with van der Waals surface area (Å²) in [6, 6.07) is -0.105. The molecule has 0 saturated carbocycles. The van der Waals surface area contributed by atoms with E-state index in [-0.39, 0.29) is 11.9 Å². The van der Waals surface area contributed by atoms with Crippen molar-refractivity contribution in [2.45, 2.75) is 32.2 Å². The van der Waals surface area contributed by atoms with Crippen molar-refractivity contribution in [2.75, 3.05) is 13.1 Å². The summed E-state index contributed by atoms with van der Waals surface area (Å²) in [6.07, 6.45) is 4.18. The van der Waals surface area contributed by atoms with Gasteiger partial charge in [0.05, 0.1) is 6.04 Å². The molecule has 2 atom stereocenters. The number of aromatic nitrogens is 3. The SMILES string of the molecule is CC(NC(=O)CCC1CCNC1)c1ncn[nH]1. The van der Waals surface area contributed by atoms with Crippen molar-refractivity contribution in [3.05, 3.63) is 12.2 Å². The highest BCUT2D eigenvalue weighted by Crippen LogP contribution is 2.14. The third-order valence-corrected chi connectivity index (χ3v) is 3.16. The van der Waals surface area contributed by atoms with E-state index in [4.69, 9.17) is 0 Å². The first-order chi connectivity index (χ1) is 8.25. The van der Waals surface area contributed by atoms with Crippen molar-refractivity contribution >= 4 is 5.91 Å². The number of hydrogen-bond acceptors (Lipinski definition) is 4. The predicted molar refractivity (Wildman–Crippen MR) is 63.2 cm³/mol. The van der Waals surface area contributed by atoms with Gasteiger partial charge < -0.3 is 10.6 Å². The zero-order valence-corrected chi connectivity index (χ0v) is 10.1. The Balaban J connectivity index is 1.69. The Labute approximate surface area is 101 Å². The summed E-state index contributed by atoms with van der Waals surface area (Å²) in [5, 5.41) is 12.7. The molecule has 17 heavy (non-hydrogen) atoms. The molecular weight excluding hydrogens is 218 g/mol. The lowest BCUT2D eigenvalue weighted by atomic mass is 10.0. The smallest absolute Gasteiger partial charge is 0.220 e. The Bertz CT molecular complexity index is 345. The number of rotatable bonds is 5. The first-order valence-electron chi connectivity index (χ1n) is 6.11. The van der Waals surface area contributed by atoms with Gasteiger partial charge in [-0.25, -0.2) is 4.98 Å². The number of hydrogen-bond donors (Lipinski definition) is 3. The van der Waals surface area contributed by atoms with E-state index in [1.165, 1.54) is 12.7 Å². The summed E-state index contributed by atoms with van der Waals surface area (Å²) >= 11 is 0. The van der Waals surface area contributed by atoms with E-state index in [0.29, 0.717) is 18.2 Å². The fourth-order valence-corrected chi connectivity index (χ4v) is 2.10. The monoisotopic (exact) mass is 237 g/mol. The molecule has 0 spiro atoms. The largest absolute Gasteiger partial charge is 0.346 e. The molecule has 2 rings (SSSR count). The van der Waals surface area contributed by atoms with E-state index in [9.17, 15) is 4.79 Å². The highest BCUT2D eigenvalue weighted by atomic mass is 16.1. The quantitative estimate of drug-likeness (QED) is 0.691. The van der Waals surface area contributed by atoms with Crippen LogP contribution in [0.2, 0.25) is 0 Å². The fraction of sp³-hybridized carbons (Fsp3) is 0.727. The number of amides is 1. The minimum absolute atomic E-state index is 0.0841. The van der Waals surface area contributed by atoms with Gasteiger partial charge in [0.1, 0.15) is 12.2 Å². The van der Waals surface area contributed by atoms with Crippen LogP contribution in [0.15, 0.2) is 6.33 Å². The Hall–Kier alpha value is -1.43. The van der Waals surface area contributed by atoms with Crippen LogP contribution >= 0.6 is 0 Å². The van der Waals surface area contributed by atoms with Crippen LogP contribution < -0.4 is 10.6 Å². The summed E-state index contributed by atoms with van der Waals surface area (Å²) in [5.74, 6) is 1.43. The summed E-state index contributed by atoms with van der Waals surface area (Å²) in [6.45, 7) is 4.03. The second-order valence-electron chi connectivity index (χ2n) is 4.56. The fourth-order valence-electron chi connectivity index (χ4n) is 2.10. The molecule has 2 unspecified atom stereocenters. The van der Waals surface area contributed by atoms with Gasteiger partial charge in [-0.05, 0) is 38.8 Å². The van der Waals surface area contributed by atoms with E-state index in [1.54, 1.807) is 0 Å². The Kier molecular flexibility index (Phi) is 4.08. The second kappa shape index (κ2) is 5.77. The number of carbonyl (C=O) groups is 1. The van der Waals surface area contributed by atoms with Crippen LogP contribution in [0, 0.1) is 5.92 Å². The molecule has 0 radical (unpaired) electrons. The van der Waals surface area contributed by atoms with Crippen LogP contribution in [0.25, 0.3) is 0 Å². The molecule has 6 nitrogen and oxygen atoms in total. The Morgan fingerprint density at radius 3 is 3.24 bits per heavy atom. The molecular formula is C11H19N5O. The van der Waals surface area contributed by atoms with E-state index in [0.717, 1.165) is 19.5 Å². The third-order valence-electron chi connectivity index (χ3n) is 3.16. The minimum Gasteiger partial charge on any atom is -0.346 e. The van der Waals surface area contributed by atoms with Crippen molar-refractivity contribution in [1.29, 1.82) is 0 Å². The number of H-pyrrole nitrogens is 1. The number of aromatic amines is 1. The third kappa shape index (κ3) is 3.52. The van der Waals surface area contributed by atoms with Crippen LogP contribution in [0.3, 0.4) is 0 Å². The van der Waals surface area contributed by atoms with E-state index < -0.39 is 0 Å². The summed E-state index contributed by atoms with van der Waals surface area (Å²) in [4.78, 5) is 15.7. The summed E-state index contributed by atoms with van der Waals surface area (Å²) in [5.41, 5.74) is 0. The highest BCUT2D eigenvalue weighted by Gasteiger charge is 2.17. The number of carbonyl (C=O) groups excluding carboxylic acids is 1. The van der Waals surface area contributed by atoms with E-state index in [2.05, 4.69) is 25.8 Å². The van der Waals surface area contributed by atoms with Gasteiger partial charge in [-0.1, -0.05) is 0 Å². The molecule has 3 N–H and O–H groups in total. The first-order valence-corrected chi connectivity index (χ1v) is 6.11. The summed E-state index contributed by atoms with van der Waals surface area (Å²) in [7, 11) is 0. The van der Waals surface area contributed by atoms with Crippen LogP contribution in [-0.2, 0) is 4.79 Å². The molecule has 1 aromatic rings. The molecule has 1 amide bonds. The summed E-state index contributed by atoms with van der Waals surface area (Å²) < 4.78 is 0. The first kappa shape index (κ1) is 12.0. The molecule has 0 aromatic carbocycles. The van der Waals surface area contributed by atoms with Gasteiger partial charge in [-0.3, -0.25) is 9.89 Å². The predicted octanol–water partition coefficient (Wildman–Crippen LogP) is 0.372. The molecule has 1 fully saturated rings. The average molecular weight is 237 g/mol. The normalized spacial score (nSPS) is 21.4.